The van der Waals surface area contributed by atoms with Crippen LogP contribution < -0.4 is 0 Å². The van der Waals surface area contributed by atoms with Crippen LogP contribution in [0, 0.1) is 5.82 Å². The average Bonchev–Trinajstić information content (AvgIpc) is 2.84. The molecule has 1 aliphatic heterocycles. The van der Waals surface area contributed by atoms with Crippen LogP contribution in [0.1, 0.15) is 37.7 Å². The summed E-state index contributed by atoms with van der Waals surface area (Å²) in [5.74, 6) is -1.26. The number of carbonyl (C=O) groups is 3. The van der Waals surface area contributed by atoms with Crippen LogP contribution in [-0.4, -0.2) is 58.9 Å². The molecule has 0 spiro atoms. The van der Waals surface area contributed by atoms with Crippen LogP contribution in [-0.2, 0) is 20.8 Å². The van der Waals surface area contributed by atoms with Gasteiger partial charge in [-0.05, 0) is 37.0 Å². The SMILES string of the molecule is O=C(O)CCCCC(=O)N1CCCN(C(=O)Cc2cccc(F)c2)CC1. The van der Waals surface area contributed by atoms with E-state index in [0.29, 0.717) is 57.4 Å². The molecule has 2 amide bonds. The van der Waals surface area contributed by atoms with Gasteiger partial charge in [0, 0.05) is 39.0 Å². The van der Waals surface area contributed by atoms with Crippen LogP contribution in [0.5, 0.6) is 0 Å². The van der Waals surface area contributed by atoms with Crippen molar-refractivity contribution in [3.63, 3.8) is 0 Å². The van der Waals surface area contributed by atoms with E-state index in [1.54, 1.807) is 21.9 Å². The van der Waals surface area contributed by atoms with Crippen LogP contribution in [0.2, 0.25) is 0 Å². The molecule has 7 heteroatoms. The highest BCUT2D eigenvalue weighted by Gasteiger charge is 2.22. The Labute approximate surface area is 152 Å². The lowest BCUT2D eigenvalue weighted by Crippen LogP contribution is -2.37. The second-order valence-electron chi connectivity index (χ2n) is 6.52. The Balaban J connectivity index is 1.78. The van der Waals surface area contributed by atoms with Gasteiger partial charge in [0.1, 0.15) is 5.82 Å². The number of halogens is 1. The fourth-order valence-electron chi connectivity index (χ4n) is 3.06. The molecule has 26 heavy (non-hydrogen) atoms. The Kier molecular flexibility index (Phi) is 7.56. The Morgan fingerprint density at radius 1 is 0.962 bits per heavy atom. The molecule has 1 N–H and O–H groups in total. The number of aliphatic carboxylic acids is 1. The van der Waals surface area contributed by atoms with Gasteiger partial charge in [-0.2, -0.15) is 0 Å². The molecule has 2 rings (SSSR count). The molecule has 0 atom stereocenters. The minimum absolute atomic E-state index is 0.00909. The molecule has 1 heterocycles. The first-order valence-corrected chi connectivity index (χ1v) is 8.97. The van der Waals surface area contributed by atoms with Gasteiger partial charge in [-0.3, -0.25) is 14.4 Å². The molecule has 0 aromatic heterocycles. The van der Waals surface area contributed by atoms with E-state index in [9.17, 15) is 18.8 Å². The standard InChI is InChI=1S/C19H25FN2O4/c20-16-6-3-5-15(13-16)14-18(24)22-10-4-9-21(11-12-22)17(23)7-1-2-8-19(25)26/h3,5-6,13H,1-2,4,7-12,14H2,(H,25,26). The number of amides is 2. The smallest absolute Gasteiger partial charge is 0.303 e. The number of hydrogen-bond acceptors (Lipinski definition) is 3. The van der Waals surface area contributed by atoms with Gasteiger partial charge in [0.05, 0.1) is 6.42 Å². The second-order valence-corrected chi connectivity index (χ2v) is 6.52. The van der Waals surface area contributed by atoms with Crippen molar-refractivity contribution >= 4 is 17.8 Å². The third kappa shape index (κ3) is 6.46. The van der Waals surface area contributed by atoms with Gasteiger partial charge < -0.3 is 14.9 Å². The fourth-order valence-corrected chi connectivity index (χ4v) is 3.06. The zero-order chi connectivity index (χ0) is 18.9. The van der Waals surface area contributed by atoms with Crippen molar-refractivity contribution in [2.75, 3.05) is 26.2 Å². The molecule has 1 saturated heterocycles. The van der Waals surface area contributed by atoms with Crippen molar-refractivity contribution < 1.29 is 23.9 Å². The molecule has 0 radical (unpaired) electrons. The first-order chi connectivity index (χ1) is 12.5. The summed E-state index contributed by atoms with van der Waals surface area (Å²) < 4.78 is 13.2. The molecule has 1 aliphatic rings. The number of carboxylic acid groups (broad SMARTS) is 1. The molecule has 0 aliphatic carbocycles. The van der Waals surface area contributed by atoms with Crippen molar-refractivity contribution in [1.29, 1.82) is 0 Å². The van der Waals surface area contributed by atoms with E-state index in [1.165, 1.54) is 12.1 Å². The van der Waals surface area contributed by atoms with E-state index in [1.807, 2.05) is 0 Å². The number of unbranched alkanes of at least 4 members (excludes halogenated alkanes) is 1. The zero-order valence-corrected chi connectivity index (χ0v) is 14.8. The summed E-state index contributed by atoms with van der Waals surface area (Å²) in [7, 11) is 0. The summed E-state index contributed by atoms with van der Waals surface area (Å²) in [5, 5.41) is 8.61. The molecule has 0 bridgehead atoms. The number of hydrogen-bond donors (Lipinski definition) is 1. The second kappa shape index (κ2) is 9.89. The van der Waals surface area contributed by atoms with Crippen LogP contribution in [0.4, 0.5) is 4.39 Å². The predicted octanol–water partition coefficient (Wildman–Crippen LogP) is 2.07. The molecule has 1 aromatic carbocycles. The number of carboxylic acids is 1. The normalized spacial score (nSPS) is 14.8. The van der Waals surface area contributed by atoms with Crippen molar-refractivity contribution in [3.05, 3.63) is 35.6 Å². The number of nitrogens with zero attached hydrogens (tertiary/aromatic N) is 2. The van der Waals surface area contributed by atoms with Gasteiger partial charge in [0.25, 0.3) is 0 Å². The maximum Gasteiger partial charge on any atom is 0.303 e. The number of rotatable bonds is 7. The number of benzene rings is 1. The lowest BCUT2D eigenvalue weighted by atomic mass is 10.1. The van der Waals surface area contributed by atoms with Crippen molar-refractivity contribution in [2.24, 2.45) is 0 Å². The van der Waals surface area contributed by atoms with Gasteiger partial charge in [0.2, 0.25) is 11.8 Å². The Bertz CT molecular complexity index is 650. The molecule has 142 valence electrons. The molecule has 1 fully saturated rings. The highest BCUT2D eigenvalue weighted by atomic mass is 19.1. The molecule has 1 aromatic rings. The van der Waals surface area contributed by atoms with Gasteiger partial charge in [-0.1, -0.05) is 12.1 Å². The van der Waals surface area contributed by atoms with Gasteiger partial charge >= 0.3 is 5.97 Å². The van der Waals surface area contributed by atoms with Gasteiger partial charge in [-0.15, -0.1) is 0 Å². The lowest BCUT2D eigenvalue weighted by molar-refractivity contribution is -0.137. The summed E-state index contributed by atoms with van der Waals surface area (Å²) in [6.45, 7) is 2.13. The highest BCUT2D eigenvalue weighted by Crippen LogP contribution is 2.11. The van der Waals surface area contributed by atoms with Gasteiger partial charge in [-0.25, -0.2) is 4.39 Å². The minimum atomic E-state index is -0.848. The topological polar surface area (TPSA) is 77.9 Å². The van der Waals surface area contributed by atoms with Crippen LogP contribution >= 0.6 is 0 Å². The van der Waals surface area contributed by atoms with E-state index in [-0.39, 0.29) is 30.5 Å². The lowest BCUT2D eigenvalue weighted by Gasteiger charge is -2.22. The average molecular weight is 364 g/mol. The third-order valence-corrected chi connectivity index (χ3v) is 4.48. The fraction of sp³-hybridized carbons (Fsp3) is 0.526. The first kappa shape index (κ1) is 19.9. The monoisotopic (exact) mass is 364 g/mol. The maximum atomic E-state index is 13.2. The van der Waals surface area contributed by atoms with Crippen molar-refractivity contribution in [1.82, 2.24) is 9.80 Å². The largest absolute Gasteiger partial charge is 0.481 e. The minimum Gasteiger partial charge on any atom is -0.481 e. The van der Waals surface area contributed by atoms with E-state index in [0.717, 1.165) is 0 Å². The van der Waals surface area contributed by atoms with Crippen LogP contribution in [0.3, 0.4) is 0 Å². The van der Waals surface area contributed by atoms with Crippen LogP contribution in [0.25, 0.3) is 0 Å². The molecular weight excluding hydrogens is 339 g/mol. The number of carbonyl (C=O) groups excluding carboxylic acids is 2. The maximum absolute atomic E-state index is 13.2. The Morgan fingerprint density at radius 2 is 1.62 bits per heavy atom. The molecule has 0 saturated carbocycles. The quantitative estimate of drug-likeness (QED) is 0.752. The van der Waals surface area contributed by atoms with E-state index in [4.69, 9.17) is 5.11 Å². The zero-order valence-electron chi connectivity index (χ0n) is 14.8. The Morgan fingerprint density at radius 3 is 2.27 bits per heavy atom. The van der Waals surface area contributed by atoms with Crippen molar-refractivity contribution in [3.8, 4) is 0 Å². The summed E-state index contributed by atoms with van der Waals surface area (Å²) in [5.41, 5.74) is 0.644. The summed E-state index contributed by atoms with van der Waals surface area (Å²) in [4.78, 5) is 38.6. The van der Waals surface area contributed by atoms with Crippen LogP contribution in [0.15, 0.2) is 24.3 Å². The van der Waals surface area contributed by atoms with E-state index < -0.39 is 5.97 Å². The van der Waals surface area contributed by atoms with Crippen molar-refractivity contribution in [2.45, 2.75) is 38.5 Å². The summed E-state index contributed by atoms with van der Waals surface area (Å²) in [6, 6.07) is 6.03. The summed E-state index contributed by atoms with van der Waals surface area (Å²) >= 11 is 0. The first-order valence-electron chi connectivity index (χ1n) is 8.97. The van der Waals surface area contributed by atoms with Gasteiger partial charge in [0.15, 0.2) is 0 Å². The third-order valence-electron chi connectivity index (χ3n) is 4.48. The molecule has 0 unspecified atom stereocenters. The van der Waals surface area contributed by atoms with E-state index >= 15 is 0 Å². The highest BCUT2D eigenvalue weighted by molar-refractivity contribution is 5.79. The Hall–Kier alpha value is -2.44. The molecular formula is C19H25FN2O4. The molecule has 6 nitrogen and oxygen atoms in total. The predicted molar refractivity (Wildman–Crippen MR) is 94.0 cm³/mol. The summed E-state index contributed by atoms with van der Waals surface area (Å²) in [6.07, 6.45) is 2.33. The van der Waals surface area contributed by atoms with E-state index in [2.05, 4.69) is 0 Å².